The van der Waals surface area contributed by atoms with E-state index >= 15 is 0 Å². The number of anilines is 1. The highest BCUT2D eigenvalue weighted by molar-refractivity contribution is 6.42. The van der Waals surface area contributed by atoms with Crippen LogP contribution in [0.25, 0.3) is 16.7 Å². The van der Waals surface area contributed by atoms with Gasteiger partial charge in [0.2, 0.25) is 0 Å². The van der Waals surface area contributed by atoms with Crippen LogP contribution >= 0.6 is 23.2 Å². The second kappa shape index (κ2) is 5.24. The number of hydrogen-bond acceptors (Lipinski definition) is 2. The van der Waals surface area contributed by atoms with Crippen LogP contribution in [0.1, 0.15) is 25.6 Å². The Balaban J connectivity index is 2.33. The first-order chi connectivity index (χ1) is 9.97. The molecule has 3 nitrogen and oxygen atoms in total. The summed E-state index contributed by atoms with van der Waals surface area (Å²) < 4.78 is 2.10. The van der Waals surface area contributed by atoms with Crippen LogP contribution in [-0.4, -0.2) is 9.55 Å². The molecule has 0 radical (unpaired) electrons. The highest BCUT2D eigenvalue weighted by Crippen LogP contribution is 2.30. The average molecular weight is 320 g/mol. The van der Waals surface area contributed by atoms with Gasteiger partial charge < -0.3 is 5.73 Å². The Kier molecular flexibility index (Phi) is 3.56. The molecule has 3 rings (SSSR count). The molecular formula is C16H15Cl2N3. The van der Waals surface area contributed by atoms with Gasteiger partial charge in [-0.2, -0.15) is 0 Å². The van der Waals surface area contributed by atoms with Crippen LogP contribution in [0.5, 0.6) is 0 Å². The van der Waals surface area contributed by atoms with Crippen molar-refractivity contribution in [2.75, 3.05) is 5.73 Å². The molecule has 0 spiro atoms. The van der Waals surface area contributed by atoms with Crippen molar-refractivity contribution < 1.29 is 0 Å². The number of nitrogens with zero attached hydrogens (tertiary/aromatic N) is 2. The summed E-state index contributed by atoms with van der Waals surface area (Å²) in [6.07, 6.45) is 0. The smallest absolute Gasteiger partial charge is 0.117 e. The van der Waals surface area contributed by atoms with Gasteiger partial charge >= 0.3 is 0 Å². The zero-order chi connectivity index (χ0) is 15.1. The number of rotatable bonds is 2. The summed E-state index contributed by atoms with van der Waals surface area (Å²) >= 11 is 12.2. The van der Waals surface area contributed by atoms with Crippen molar-refractivity contribution in [1.29, 1.82) is 0 Å². The number of imidazole rings is 1. The van der Waals surface area contributed by atoms with Gasteiger partial charge in [0.05, 0.1) is 21.1 Å². The molecule has 0 amide bonds. The molecule has 0 aliphatic heterocycles. The van der Waals surface area contributed by atoms with Crippen molar-refractivity contribution >= 4 is 39.9 Å². The topological polar surface area (TPSA) is 43.8 Å². The summed E-state index contributed by atoms with van der Waals surface area (Å²) in [4.78, 5) is 4.71. The Hall–Kier alpha value is -1.71. The maximum Gasteiger partial charge on any atom is 0.117 e. The summed E-state index contributed by atoms with van der Waals surface area (Å²) in [6, 6.07) is 11.3. The second-order valence-electron chi connectivity index (χ2n) is 5.31. The highest BCUT2D eigenvalue weighted by Gasteiger charge is 2.16. The maximum absolute atomic E-state index is 6.15. The molecule has 0 saturated carbocycles. The predicted octanol–water partition coefficient (Wildman–Crippen LogP) is 5.04. The van der Waals surface area contributed by atoms with Gasteiger partial charge in [0.15, 0.2) is 0 Å². The number of nitrogens with two attached hydrogens (primary N) is 1. The summed E-state index contributed by atoms with van der Waals surface area (Å²) in [5, 5.41) is 1.07. The lowest BCUT2D eigenvalue weighted by atomic mass is 10.2. The standard InChI is InChI=1S/C16H15Cl2N3/c1-9(2)16-20-14-7-10(19)3-6-15(14)21(16)11-4-5-12(17)13(18)8-11/h3-9H,19H2,1-2H3. The van der Waals surface area contributed by atoms with Gasteiger partial charge in [-0.15, -0.1) is 0 Å². The Morgan fingerprint density at radius 3 is 2.48 bits per heavy atom. The van der Waals surface area contributed by atoms with Crippen molar-refractivity contribution in [3.05, 3.63) is 52.3 Å². The number of benzene rings is 2. The minimum atomic E-state index is 0.271. The van der Waals surface area contributed by atoms with E-state index in [9.17, 15) is 0 Å². The third-order valence-electron chi connectivity index (χ3n) is 3.38. The molecule has 108 valence electrons. The molecule has 21 heavy (non-hydrogen) atoms. The highest BCUT2D eigenvalue weighted by atomic mass is 35.5. The summed E-state index contributed by atoms with van der Waals surface area (Å²) in [5.74, 6) is 1.24. The number of nitrogen functional groups attached to an aromatic ring is 1. The minimum absolute atomic E-state index is 0.271. The van der Waals surface area contributed by atoms with Crippen molar-refractivity contribution in [3.8, 4) is 5.69 Å². The molecule has 1 heterocycles. The fourth-order valence-electron chi connectivity index (χ4n) is 2.40. The van der Waals surface area contributed by atoms with E-state index in [0.29, 0.717) is 15.7 Å². The van der Waals surface area contributed by atoms with Gasteiger partial charge in [-0.3, -0.25) is 4.57 Å². The van der Waals surface area contributed by atoms with E-state index in [4.69, 9.17) is 33.9 Å². The van der Waals surface area contributed by atoms with E-state index in [0.717, 1.165) is 22.5 Å². The predicted molar refractivity (Wildman–Crippen MR) is 89.6 cm³/mol. The molecule has 0 aliphatic rings. The largest absolute Gasteiger partial charge is 0.399 e. The summed E-state index contributed by atoms with van der Waals surface area (Å²) in [6.45, 7) is 4.22. The molecule has 0 aliphatic carbocycles. The molecule has 0 fully saturated rings. The van der Waals surface area contributed by atoms with E-state index in [1.807, 2.05) is 30.3 Å². The monoisotopic (exact) mass is 319 g/mol. The van der Waals surface area contributed by atoms with E-state index < -0.39 is 0 Å². The number of aromatic nitrogens is 2. The molecule has 3 aromatic rings. The molecule has 2 N–H and O–H groups in total. The number of fused-ring (bicyclic) bond motifs is 1. The van der Waals surface area contributed by atoms with Gasteiger partial charge in [0, 0.05) is 17.3 Å². The van der Waals surface area contributed by atoms with Crippen LogP contribution in [0, 0.1) is 0 Å². The Morgan fingerprint density at radius 1 is 1.05 bits per heavy atom. The quantitative estimate of drug-likeness (QED) is 0.672. The number of halogens is 2. The fourth-order valence-corrected chi connectivity index (χ4v) is 2.69. The zero-order valence-corrected chi connectivity index (χ0v) is 13.3. The average Bonchev–Trinajstić information content (AvgIpc) is 2.80. The first-order valence-electron chi connectivity index (χ1n) is 6.70. The number of hydrogen-bond donors (Lipinski definition) is 1. The normalized spacial score (nSPS) is 11.5. The first kappa shape index (κ1) is 14.2. The lowest BCUT2D eigenvalue weighted by Crippen LogP contribution is -2.03. The summed E-state index contributed by atoms with van der Waals surface area (Å²) in [7, 11) is 0. The fraction of sp³-hybridized carbons (Fsp3) is 0.188. The molecule has 2 aromatic carbocycles. The van der Waals surface area contributed by atoms with Gasteiger partial charge in [0.1, 0.15) is 5.82 Å². The van der Waals surface area contributed by atoms with Crippen LogP contribution in [0.4, 0.5) is 5.69 Å². The van der Waals surface area contributed by atoms with Crippen LogP contribution in [-0.2, 0) is 0 Å². The lowest BCUT2D eigenvalue weighted by Gasteiger charge is -2.12. The Labute approximate surface area is 133 Å². The molecule has 5 heteroatoms. The van der Waals surface area contributed by atoms with Crippen LogP contribution in [0.2, 0.25) is 10.0 Å². The second-order valence-corrected chi connectivity index (χ2v) is 6.12. The third-order valence-corrected chi connectivity index (χ3v) is 4.12. The molecule has 0 unspecified atom stereocenters. The zero-order valence-electron chi connectivity index (χ0n) is 11.8. The Morgan fingerprint density at radius 2 is 1.81 bits per heavy atom. The van der Waals surface area contributed by atoms with E-state index in [2.05, 4.69) is 18.4 Å². The van der Waals surface area contributed by atoms with E-state index in [-0.39, 0.29) is 5.92 Å². The van der Waals surface area contributed by atoms with Crippen LogP contribution in [0.3, 0.4) is 0 Å². The molecule has 0 bridgehead atoms. The molecule has 0 saturated heterocycles. The van der Waals surface area contributed by atoms with Crippen LogP contribution in [0.15, 0.2) is 36.4 Å². The lowest BCUT2D eigenvalue weighted by molar-refractivity contribution is 0.760. The van der Waals surface area contributed by atoms with E-state index in [1.54, 1.807) is 6.07 Å². The van der Waals surface area contributed by atoms with Gasteiger partial charge in [-0.25, -0.2) is 4.98 Å². The SMILES string of the molecule is CC(C)c1nc2cc(N)ccc2n1-c1ccc(Cl)c(Cl)c1. The molecular weight excluding hydrogens is 305 g/mol. The van der Waals surface area contributed by atoms with E-state index in [1.165, 1.54) is 0 Å². The van der Waals surface area contributed by atoms with Crippen molar-refractivity contribution in [2.45, 2.75) is 19.8 Å². The Bertz CT molecular complexity index is 822. The van der Waals surface area contributed by atoms with Gasteiger partial charge in [-0.05, 0) is 36.4 Å². The van der Waals surface area contributed by atoms with Crippen molar-refractivity contribution in [1.82, 2.24) is 9.55 Å². The van der Waals surface area contributed by atoms with Crippen molar-refractivity contribution in [3.63, 3.8) is 0 Å². The minimum Gasteiger partial charge on any atom is -0.399 e. The first-order valence-corrected chi connectivity index (χ1v) is 7.46. The molecule has 1 aromatic heterocycles. The summed E-state index contributed by atoms with van der Waals surface area (Å²) in [5.41, 5.74) is 9.39. The van der Waals surface area contributed by atoms with Crippen LogP contribution < -0.4 is 5.73 Å². The third kappa shape index (κ3) is 2.47. The van der Waals surface area contributed by atoms with Gasteiger partial charge in [-0.1, -0.05) is 37.0 Å². The van der Waals surface area contributed by atoms with Crippen molar-refractivity contribution in [2.24, 2.45) is 0 Å². The molecule has 0 atom stereocenters. The van der Waals surface area contributed by atoms with Gasteiger partial charge in [0.25, 0.3) is 0 Å². The maximum atomic E-state index is 6.15.